The van der Waals surface area contributed by atoms with E-state index < -0.39 is 0 Å². The summed E-state index contributed by atoms with van der Waals surface area (Å²) in [6, 6.07) is 16.5. The molecule has 2 heterocycles. The molecule has 0 fully saturated rings. The molecule has 4 aromatic rings. The number of ether oxygens (including phenoxy) is 12. The fourth-order valence-corrected chi connectivity index (χ4v) is 10.9. The molecule has 16 nitrogen and oxygen atoms in total. The average Bonchev–Trinajstić information content (AvgIpc) is 3.41. The topological polar surface area (TPSA) is 145 Å². The Bertz CT molecular complexity index is 2510. The summed E-state index contributed by atoms with van der Waals surface area (Å²) >= 11 is 0. The van der Waals surface area contributed by atoms with Crippen LogP contribution in [0.5, 0.6) is 57.5 Å². The van der Waals surface area contributed by atoms with Crippen molar-refractivity contribution in [3.05, 3.63) is 94.1 Å². The van der Waals surface area contributed by atoms with Gasteiger partial charge in [-0.25, -0.2) is 0 Å². The number of rotatable bonds is 28. The third-order valence-electron chi connectivity index (χ3n) is 14.7. The van der Waals surface area contributed by atoms with Gasteiger partial charge in [0.05, 0.1) is 125 Å². The molecular formula is C58H80N2O14+2. The molecule has 0 radical (unpaired) electrons. The SMILES string of the molecule is COc1cc2c(cc1OC)[C@@H](Cc1cc(OC)c(OC)c(OC)c1)C[N+]([13CH3])(CCCO[13C](=O)CC/C=C/CC[13C](=O)OCCC[N+]1([13CH3])CCc3cc(OC)c(OC)cc3[C@H]1Cc1cc(OC)c(OC)c(OC)c1)C2. The maximum atomic E-state index is 12.8. The van der Waals surface area contributed by atoms with Gasteiger partial charge in [0, 0.05) is 55.6 Å². The van der Waals surface area contributed by atoms with Crippen molar-refractivity contribution in [2.75, 3.05) is 125 Å². The first kappa shape index (κ1) is 56.8. The van der Waals surface area contributed by atoms with Gasteiger partial charge >= 0.3 is 11.9 Å². The van der Waals surface area contributed by atoms with Gasteiger partial charge < -0.3 is 65.8 Å². The minimum atomic E-state index is -0.244. The molecule has 6 rings (SSSR count). The average molecular weight is 1030 g/mol. The van der Waals surface area contributed by atoms with Gasteiger partial charge in [0.2, 0.25) is 11.5 Å². The molecule has 0 aromatic heterocycles. The number of nitrogens with zero attached hydrogens (tertiary/aromatic N) is 2. The molecule has 2 aliphatic heterocycles. The fourth-order valence-electron chi connectivity index (χ4n) is 10.9. The highest BCUT2D eigenvalue weighted by atomic mass is 16.6. The van der Waals surface area contributed by atoms with Crippen LogP contribution in [0.2, 0.25) is 0 Å². The standard InChI is InChI=1S/C58H80N2O14/c1-59(37-42(44-35-49(65-5)48(64-4)34-43(44)38-59)27-39-29-51(67-7)57(71-11)52(30-39)68-8)22-17-25-73-55(61)19-15-13-14-16-20-56(62)74-26-18-23-60(2)24-21-41-33-47(63-3)50(66-6)36-45(41)46(60)28-40-31-53(69-9)58(72-12)54(32-40)70-10/h13-14,29-36,42,46H,15-28,37-38H2,1-12H3/q+2/b14-13+/t42-,46+,59?,60?/m0/s1/i1+1,2+1,55+1,56+1. The van der Waals surface area contributed by atoms with Gasteiger partial charge in [0.15, 0.2) is 46.0 Å². The summed E-state index contributed by atoms with van der Waals surface area (Å²) in [4.78, 5) is 25.6. The van der Waals surface area contributed by atoms with E-state index in [9.17, 15) is 9.59 Å². The Kier molecular flexibility index (Phi) is 20.4. The number of hydrogen-bond acceptors (Lipinski definition) is 14. The Balaban J connectivity index is 0.951. The van der Waals surface area contributed by atoms with Gasteiger partial charge in [-0.05, 0) is 90.0 Å². The van der Waals surface area contributed by atoms with E-state index >= 15 is 0 Å². The lowest BCUT2D eigenvalue weighted by Crippen LogP contribution is -2.52. The van der Waals surface area contributed by atoms with Crippen molar-refractivity contribution in [1.29, 1.82) is 0 Å². The first-order valence-corrected chi connectivity index (χ1v) is 25.4. The van der Waals surface area contributed by atoms with Crippen LogP contribution in [0.1, 0.15) is 83.9 Å². The first-order chi connectivity index (χ1) is 35.7. The van der Waals surface area contributed by atoms with Gasteiger partial charge in [-0.3, -0.25) is 9.59 Å². The van der Waals surface area contributed by atoms with E-state index in [4.69, 9.17) is 56.8 Å². The number of benzene rings is 4. The van der Waals surface area contributed by atoms with Crippen LogP contribution in [0, 0.1) is 0 Å². The Morgan fingerprint density at radius 2 is 0.946 bits per heavy atom. The number of allylic oxidation sites excluding steroid dienone is 2. The van der Waals surface area contributed by atoms with Crippen molar-refractivity contribution in [3.63, 3.8) is 0 Å². The number of quaternary nitrogens is 2. The van der Waals surface area contributed by atoms with Crippen molar-refractivity contribution in [1.82, 2.24) is 0 Å². The maximum Gasteiger partial charge on any atom is 0.306 e. The Morgan fingerprint density at radius 3 is 1.42 bits per heavy atom. The third-order valence-corrected chi connectivity index (χ3v) is 14.7. The summed E-state index contributed by atoms with van der Waals surface area (Å²) < 4.78 is 69.7. The fraction of sp³-hybridized carbons (Fsp3) is 0.517. The number of carbonyl (C=O) groups is 2. The van der Waals surface area contributed by atoms with E-state index in [1.165, 1.54) is 22.3 Å². The van der Waals surface area contributed by atoms with Gasteiger partial charge in [0.1, 0.15) is 12.6 Å². The molecule has 0 bridgehead atoms. The van der Waals surface area contributed by atoms with Crippen LogP contribution >= 0.6 is 0 Å². The summed E-state index contributed by atoms with van der Waals surface area (Å²) in [5.41, 5.74) is 6.95. The number of methoxy groups -OCH3 is 10. The lowest BCUT2D eigenvalue weighted by molar-refractivity contribution is -0.941. The van der Waals surface area contributed by atoms with Gasteiger partial charge in [-0.1, -0.05) is 12.2 Å². The molecule has 16 heteroatoms. The predicted octanol–water partition coefficient (Wildman–Crippen LogP) is 9.03. The van der Waals surface area contributed by atoms with Gasteiger partial charge in [-0.2, -0.15) is 0 Å². The highest BCUT2D eigenvalue weighted by Gasteiger charge is 2.41. The van der Waals surface area contributed by atoms with Crippen molar-refractivity contribution in [2.24, 2.45) is 0 Å². The zero-order valence-electron chi connectivity index (χ0n) is 45.9. The number of carbonyl (C=O) groups excluding carboxylic acids is 2. The maximum absolute atomic E-state index is 12.8. The Labute approximate surface area is 438 Å². The number of esters is 2. The molecule has 0 saturated carbocycles. The van der Waals surface area contributed by atoms with E-state index in [2.05, 4.69) is 38.4 Å². The molecular weight excluding hydrogens is 953 g/mol. The number of likely N-dealkylation sites (N-methyl/N-ethyl adjacent to an activating group) is 2. The summed E-state index contributed by atoms with van der Waals surface area (Å²) in [5.74, 6) is 6.00. The van der Waals surface area contributed by atoms with Crippen molar-refractivity contribution in [3.8, 4) is 57.5 Å². The first-order valence-electron chi connectivity index (χ1n) is 25.4. The van der Waals surface area contributed by atoms with Gasteiger partial charge in [0.25, 0.3) is 0 Å². The summed E-state index contributed by atoms with van der Waals surface area (Å²) in [5, 5.41) is 0. The van der Waals surface area contributed by atoms with Gasteiger partial charge in [-0.15, -0.1) is 0 Å². The number of hydrogen-bond donors (Lipinski definition) is 0. The predicted molar refractivity (Wildman–Crippen MR) is 282 cm³/mol. The largest absolute Gasteiger partial charge is 0.493 e. The van der Waals surface area contributed by atoms with E-state index in [0.29, 0.717) is 103 Å². The van der Waals surface area contributed by atoms with Crippen LogP contribution in [0.3, 0.4) is 0 Å². The third kappa shape index (κ3) is 13.8. The highest BCUT2D eigenvalue weighted by molar-refractivity contribution is 5.70. The molecule has 74 heavy (non-hydrogen) atoms. The molecule has 0 aliphatic carbocycles. The molecule has 2 aliphatic rings. The molecule has 4 aromatic carbocycles. The van der Waals surface area contributed by atoms with E-state index in [-0.39, 0.29) is 36.7 Å². The minimum Gasteiger partial charge on any atom is -0.493 e. The lowest BCUT2D eigenvalue weighted by Gasteiger charge is -2.46. The molecule has 404 valence electrons. The van der Waals surface area contributed by atoms with Crippen LogP contribution in [0.15, 0.2) is 60.7 Å². The quantitative estimate of drug-likeness (QED) is 0.0175. The lowest BCUT2D eigenvalue weighted by atomic mass is 9.84. The van der Waals surface area contributed by atoms with E-state index in [0.717, 1.165) is 65.7 Å². The summed E-state index contributed by atoms with van der Waals surface area (Å²) in [7, 11) is 20.9. The molecule has 4 atom stereocenters. The zero-order valence-corrected chi connectivity index (χ0v) is 45.9. The smallest absolute Gasteiger partial charge is 0.306 e. The van der Waals surface area contributed by atoms with Crippen LogP contribution in [-0.2, 0) is 44.9 Å². The summed E-state index contributed by atoms with van der Waals surface area (Å²) in [6.07, 6.45) is 9.16. The van der Waals surface area contributed by atoms with Crippen molar-refractivity contribution < 1.29 is 75.4 Å². The van der Waals surface area contributed by atoms with Crippen LogP contribution < -0.4 is 47.4 Å². The normalized spacial score (nSPS) is 18.9. The second-order valence-corrected chi connectivity index (χ2v) is 19.6. The van der Waals surface area contributed by atoms with Crippen molar-refractivity contribution >= 4 is 11.9 Å². The van der Waals surface area contributed by atoms with Crippen LogP contribution in [0.25, 0.3) is 0 Å². The monoisotopic (exact) mass is 1030 g/mol. The van der Waals surface area contributed by atoms with Crippen LogP contribution in [-0.4, -0.2) is 145 Å². The molecule has 0 spiro atoms. The van der Waals surface area contributed by atoms with Crippen molar-refractivity contribution in [2.45, 2.75) is 76.3 Å². The van der Waals surface area contributed by atoms with Crippen LogP contribution in [0.4, 0.5) is 0 Å². The summed E-state index contributed by atoms with van der Waals surface area (Å²) in [6.45, 7) is 4.83. The Hall–Kier alpha value is -6.52. The molecule has 0 saturated heterocycles. The highest BCUT2D eigenvalue weighted by Crippen LogP contribution is 2.46. The number of fused-ring (bicyclic) bond motifs is 2. The van der Waals surface area contributed by atoms with E-state index in [1.807, 2.05) is 36.4 Å². The van der Waals surface area contributed by atoms with E-state index in [1.54, 1.807) is 71.1 Å². The zero-order chi connectivity index (χ0) is 53.4. The molecule has 0 N–H and O–H groups in total. The second-order valence-electron chi connectivity index (χ2n) is 19.6. The molecule has 2 unspecified atom stereocenters. The molecule has 0 amide bonds. The Morgan fingerprint density at radius 1 is 0.514 bits per heavy atom. The second kappa shape index (κ2) is 26.6. The minimum absolute atomic E-state index is 0.0564.